The summed E-state index contributed by atoms with van der Waals surface area (Å²) in [7, 11) is 0. The van der Waals surface area contributed by atoms with Gasteiger partial charge in [0.25, 0.3) is 0 Å². The molecule has 0 saturated heterocycles. The van der Waals surface area contributed by atoms with E-state index in [9.17, 15) is 4.79 Å². The molecule has 1 amide bonds. The Morgan fingerprint density at radius 1 is 1.17 bits per heavy atom. The van der Waals surface area contributed by atoms with Crippen LogP contribution >= 0.6 is 0 Å². The molecule has 0 radical (unpaired) electrons. The van der Waals surface area contributed by atoms with Crippen LogP contribution in [0, 0.1) is 0 Å². The van der Waals surface area contributed by atoms with Crippen molar-refractivity contribution in [1.82, 2.24) is 9.38 Å². The lowest BCUT2D eigenvalue weighted by molar-refractivity contribution is -0.114. The van der Waals surface area contributed by atoms with Gasteiger partial charge in [0.2, 0.25) is 5.91 Å². The van der Waals surface area contributed by atoms with Crippen molar-refractivity contribution in [2.24, 2.45) is 0 Å². The SMILES string of the molecule is O=C1CNc2c(cccc2-c2nc3ccccn3c2NC2CC2)N1. The molecule has 3 N–H and O–H groups in total. The standard InChI is InChI=1S/C18H17N5O/c24-15-10-19-16-12(4-3-5-13(16)21-15)17-18(20-11-7-8-11)23-9-2-1-6-14(23)22-17/h1-6,9,11,19-20H,7-8,10H2,(H,21,24). The average molecular weight is 319 g/mol. The number of rotatable bonds is 3. The molecule has 0 unspecified atom stereocenters. The summed E-state index contributed by atoms with van der Waals surface area (Å²) in [6.07, 6.45) is 4.42. The van der Waals surface area contributed by atoms with Crippen LogP contribution in [-0.4, -0.2) is 27.9 Å². The van der Waals surface area contributed by atoms with Crippen LogP contribution < -0.4 is 16.0 Å². The van der Waals surface area contributed by atoms with Gasteiger partial charge in [0.1, 0.15) is 17.2 Å². The fourth-order valence-corrected chi connectivity index (χ4v) is 3.15. The molecule has 0 atom stereocenters. The molecule has 5 rings (SSSR count). The number of amides is 1. The van der Waals surface area contributed by atoms with Gasteiger partial charge in [0, 0.05) is 17.8 Å². The van der Waals surface area contributed by atoms with Gasteiger partial charge in [0.05, 0.1) is 17.9 Å². The molecular weight excluding hydrogens is 302 g/mol. The summed E-state index contributed by atoms with van der Waals surface area (Å²) in [6.45, 7) is 0.281. The third-order valence-electron chi connectivity index (χ3n) is 4.47. The van der Waals surface area contributed by atoms with E-state index in [1.807, 2.05) is 42.6 Å². The molecule has 1 aromatic carbocycles. The first-order valence-electron chi connectivity index (χ1n) is 8.20. The molecule has 2 aromatic heterocycles. The fraction of sp³-hybridized carbons (Fsp3) is 0.222. The summed E-state index contributed by atoms with van der Waals surface area (Å²) in [6, 6.07) is 12.4. The highest BCUT2D eigenvalue weighted by molar-refractivity contribution is 6.04. The Hall–Kier alpha value is -3.02. The zero-order valence-corrected chi connectivity index (χ0v) is 13.0. The van der Waals surface area contributed by atoms with Crippen LogP contribution in [0.25, 0.3) is 16.9 Å². The normalized spacial score (nSPS) is 16.4. The van der Waals surface area contributed by atoms with Crippen molar-refractivity contribution >= 4 is 28.7 Å². The summed E-state index contributed by atoms with van der Waals surface area (Å²) in [5.74, 6) is 0.992. The first-order chi connectivity index (χ1) is 11.8. The van der Waals surface area contributed by atoms with Gasteiger partial charge < -0.3 is 16.0 Å². The van der Waals surface area contributed by atoms with Crippen molar-refractivity contribution in [3.63, 3.8) is 0 Å². The number of fused-ring (bicyclic) bond motifs is 2. The summed E-state index contributed by atoms with van der Waals surface area (Å²) in [4.78, 5) is 16.5. The number of benzene rings is 1. The van der Waals surface area contributed by atoms with E-state index in [1.165, 1.54) is 12.8 Å². The van der Waals surface area contributed by atoms with Gasteiger partial charge in [-0.1, -0.05) is 18.2 Å². The van der Waals surface area contributed by atoms with Crippen LogP contribution in [0.15, 0.2) is 42.6 Å². The number of imidazole rings is 1. The van der Waals surface area contributed by atoms with Crippen molar-refractivity contribution in [1.29, 1.82) is 0 Å². The molecule has 3 aromatic rings. The molecule has 120 valence electrons. The Labute approximate surface area is 138 Å². The number of anilines is 3. The number of hydrogen-bond donors (Lipinski definition) is 3. The van der Waals surface area contributed by atoms with Crippen molar-refractivity contribution in [3.8, 4) is 11.3 Å². The zero-order chi connectivity index (χ0) is 16.1. The first-order valence-corrected chi connectivity index (χ1v) is 8.20. The maximum atomic E-state index is 11.6. The van der Waals surface area contributed by atoms with Crippen LogP contribution in [0.5, 0.6) is 0 Å². The van der Waals surface area contributed by atoms with E-state index in [4.69, 9.17) is 4.98 Å². The number of hydrogen-bond acceptors (Lipinski definition) is 4. The van der Waals surface area contributed by atoms with E-state index in [0.717, 1.165) is 34.1 Å². The minimum Gasteiger partial charge on any atom is -0.374 e. The molecule has 0 bridgehead atoms. The van der Waals surface area contributed by atoms with E-state index in [0.29, 0.717) is 6.04 Å². The Balaban J connectivity index is 1.72. The maximum Gasteiger partial charge on any atom is 0.243 e. The minimum absolute atomic E-state index is 0.0222. The predicted octanol–water partition coefficient (Wildman–Crippen LogP) is 2.94. The second-order valence-corrected chi connectivity index (χ2v) is 6.29. The van der Waals surface area contributed by atoms with Gasteiger partial charge >= 0.3 is 0 Å². The highest BCUT2D eigenvalue weighted by Gasteiger charge is 2.27. The Kier molecular flexibility index (Phi) is 2.79. The first kappa shape index (κ1) is 13.4. The largest absolute Gasteiger partial charge is 0.374 e. The van der Waals surface area contributed by atoms with Gasteiger partial charge in [-0.3, -0.25) is 9.20 Å². The number of nitrogens with zero attached hydrogens (tertiary/aromatic N) is 2. The highest BCUT2D eigenvalue weighted by atomic mass is 16.2. The molecule has 1 aliphatic carbocycles. The Morgan fingerprint density at radius 2 is 2.08 bits per heavy atom. The second-order valence-electron chi connectivity index (χ2n) is 6.29. The number of carbonyl (C=O) groups is 1. The molecule has 6 nitrogen and oxygen atoms in total. The fourth-order valence-electron chi connectivity index (χ4n) is 3.15. The summed E-state index contributed by atoms with van der Waals surface area (Å²) >= 11 is 0. The lowest BCUT2D eigenvalue weighted by Gasteiger charge is -2.21. The summed E-state index contributed by atoms with van der Waals surface area (Å²) in [5, 5.41) is 9.76. The number of para-hydroxylation sites is 1. The van der Waals surface area contributed by atoms with E-state index in [2.05, 4.69) is 20.4 Å². The zero-order valence-electron chi connectivity index (χ0n) is 13.0. The molecule has 1 fully saturated rings. The van der Waals surface area contributed by atoms with Gasteiger partial charge in [0.15, 0.2) is 0 Å². The van der Waals surface area contributed by atoms with Gasteiger partial charge in [-0.2, -0.15) is 0 Å². The van der Waals surface area contributed by atoms with Crippen LogP contribution in [0.4, 0.5) is 17.2 Å². The number of pyridine rings is 1. The lowest BCUT2D eigenvalue weighted by Crippen LogP contribution is -2.27. The van der Waals surface area contributed by atoms with Crippen LogP contribution in [0.3, 0.4) is 0 Å². The van der Waals surface area contributed by atoms with Gasteiger partial charge in [-0.15, -0.1) is 0 Å². The maximum absolute atomic E-state index is 11.6. The number of carbonyl (C=O) groups excluding carboxylic acids is 1. The molecular formula is C18H17N5O. The van der Waals surface area contributed by atoms with Gasteiger partial charge in [-0.25, -0.2) is 4.98 Å². The molecule has 1 aliphatic heterocycles. The lowest BCUT2D eigenvalue weighted by atomic mass is 10.1. The van der Waals surface area contributed by atoms with Crippen LogP contribution in [0.2, 0.25) is 0 Å². The van der Waals surface area contributed by atoms with E-state index in [-0.39, 0.29) is 12.5 Å². The molecule has 2 aliphatic rings. The summed E-state index contributed by atoms with van der Waals surface area (Å²) in [5.41, 5.74) is 4.55. The summed E-state index contributed by atoms with van der Waals surface area (Å²) < 4.78 is 2.09. The monoisotopic (exact) mass is 319 g/mol. The minimum atomic E-state index is -0.0222. The molecule has 24 heavy (non-hydrogen) atoms. The quantitative estimate of drug-likeness (QED) is 0.694. The smallest absolute Gasteiger partial charge is 0.243 e. The van der Waals surface area contributed by atoms with Crippen molar-refractivity contribution < 1.29 is 4.79 Å². The second kappa shape index (κ2) is 4.99. The van der Waals surface area contributed by atoms with E-state index < -0.39 is 0 Å². The van der Waals surface area contributed by atoms with Crippen LogP contribution in [-0.2, 0) is 4.79 Å². The predicted molar refractivity (Wildman–Crippen MR) is 94.4 cm³/mol. The third-order valence-corrected chi connectivity index (χ3v) is 4.47. The van der Waals surface area contributed by atoms with E-state index in [1.54, 1.807) is 0 Å². The molecule has 0 spiro atoms. The topological polar surface area (TPSA) is 70.5 Å². The number of aromatic nitrogens is 2. The van der Waals surface area contributed by atoms with Crippen LogP contribution in [0.1, 0.15) is 12.8 Å². The van der Waals surface area contributed by atoms with Gasteiger partial charge in [-0.05, 0) is 31.0 Å². The third kappa shape index (κ3) is 2.11. The molecule has 3 heterocycles. The Bertz CT molecular complexity index is 957. The van der Waals surface area contributed by atoms with E-state index >= 15 is 0 Å². The molecule has 1 saturated carbocycles. The highest BCUT2D eigenvalue weighted by Crippen LogP contribution is 2.40. The van der Waals surface area contributed by atoms with Crippen molar-refractivity contribution in [2.75, 3.05) is 22.5 Å². The Morgan fingerprint density at radius 3 is 2.96 bits per heavy atom. The average Bonchev–Trinajstić information content (AvgIpc) is 3.35. The molecule has 6 heteroatoms. The van der Waals surface area contributed by atoms with Crippen molar-refractivity contribution in [3.05, 3.63) is 42.6 Å². The van der Waals surface area contributed by atoms with Crippen molar-refractivity contribution in [2.45, 2.75) is 18.9 Å². The number of nitrogens with one attached hydrogen (secondary N) is 3.